The Balaban J connectivity index is 3.22. The summed E-state index contributed by atoms with van der Waals surface area (Å²) in [7, 11) is 0. The summed E-state index contributed by atoms with van der Waals surface area (Å²) in [5, 5.41) is 19.3. The van der Waals surface area contributed by atoms with Gasteiger partial charge < -0.3 is 10.4 Å². The summed E-state index contributed by atoms with van der Waals surface area (Å²) in [6, 6.07) is 1.29. The molecule has 0 aromatic carbocycles. The highest BCUT2D eigenvalue weighted by molar-refractivity contribution is 5.91. The van der Waals surface area contributed by atoms with Gasteiger partial charge in [-0.2, -0.15) is 5.26 Å². The van der Waals surface area contributed by atoms with Crippen molar-refractivity contribution in [2.45, 2.75) is 12.0 Å². The second-order valence-electron chi connectivity index (χ2n) is 2.61. The van der Waals surface area contributed by atoms with Crippen molar-refractivity contribution in [2.75, 3.05) is 0 Å². The van der Waals surface area contributed by atoms with Crippen molar-refractivity contribution in [1.29, 1.82) is 5.26 Å². The van der Waals surface area contributed by atoms with Crippen molar-refractivity contribution in [3.8, 4) is 6.07 Å². The fraction of sp³-hybridized carbons (Fsp3) is 0.250. The van der Waals surface area contributed by atoms with Crippen LogP contribution in [-0.2, 0) is 4.79 Å². The standard InChI is InChI=1S/C8H6F2N2O2/c9-7(10)8(4-11)5(6(13)14)2-1-3-12-8/h1-3,7,12H,(H,13,14). The quantitative estimate of drug-likeness (QED) is 0.686. The first-order valence-electron chi connectivity index (χ1n) is 3.62. The van der Waals surface area contributed by atoms with E-state index in [0.717, 1.165) is 12.3 Å². The highest BCUT2D eigenvalue weighted by Gasteiger charge is 2.47. The number of nitriles is 1. The molecule has 1 aliphatic heterocycles. The Bertz CT molecular complexity index is 357. The van der Waals surface area contributed by atoms with Gasteiger partial charge in [-0.15, -0.1) is 0 Å². The van der Waals surface area contributed by atoms with E-state index in [2.05, 4.69) is 5.32 Å². The molecule has 6 heteroatoms. The van der Waals surface area contributed by atoms with Gasteiger partial charge in [-0.3, -0.25) is 0 Å². The van der Waals surface area contributed by atoms with E-state index >= 15 is 0 Å². The molecule has 0 aromatic heterocycles. The Morgan fingerprint density at radius 1 is 1.71 bits per heavy atom. The van der Waals surface area contributed by atoms with Crippen LogP contribution >= 0.6 is 0 Å². The van der Waals surface area contributed by atoms with Gasteiger partial charge in [0.05, 0.1) is 5.57 Å². The van der Waals surface area contributed by atoms with Crippen LogP contribution in [0.2, 0.25) is 0 Å². The maximum absolute atomic E-state index is 12.6. The minimum absolute atomic E-state index is 0.655. The predicted molar refractivity (Wildman–Crippen MR) is 42.3 cm³/mol. The van der Waals surface area contributed by atoms with Crippen LogP contribution in [0, 0.1) is 11.3 Å². The van der Waals surface area contributed by atoms with Crippen LogP contribution < -0.4 is 5.32 Å². The van der Waals surface area contributed by atoms with E-state index in [1.54, 1.807) is 0 Å². The molecular formula is C8H6F2N2O2. The number of rotatable bonds is 2. The number of halogens is 2. The molecule has 1 atom stereocenters. The molecule has 0 aliphatic carbocycles. The largest absolute Gasteiger partial charge is 0.478 e. The number of carboxylic acid groups (broad SMARTS) is 1. The Morgan fingerprint density at radius 2 is 2.36 bits per heavy atom. The second kappa shape index (κ2) is 3.46. The Labute approximate surface area is 78.1 Å². The van der Waals surface area contributed by atoms with Crippen molar-refractivity contribution >= 4 is 5.97 Å². The molecule has 0 radical (unpaired) electrons. The lowest BCUT2D eigenvalue weighted by Crippen LogP contribution is -2.52. The van der Waals surface area contributed by atoms with Crippen LogP contribution in [0.3, 0.4) is 0 Å². The van der Waals surface area contributed by atoms with Gasteiger partial charge in [0.15, 0.2) is 0 Å². The van der Waals surface area contributed by atoms with Crippen LogP contribution in [0.15, 0.2) is 23.9 Å². The number of nitrogens with zero attached hydrogens (tertiary/aromatic N) is 1. The zero-order valence-corrected chi connectivity index (χ0v) is 6.87. The molecule has 0 bridgehead atoms. The average molecular weight is 200 g/mol. The van der Waals surface area contributed by atoms with Gasteiger partial charge in [0.25, 0.3) is 6.43 Å². The lowest BCUT2D eigenvalue weighted by atomic mass is 9.89. The van der Waals surface area contributed by atoms with E-state index in [4.69, 9.17) is 10.4 Å². The number of hydrogen-bond acceptors (Lipinski definition) is 3. The zero-order chi connectivity index (χ0) is 10.8. The molecule has 1 heterocycles. The number of dihydropyridines is 1. The fourth-order valence-electron chi connectivity index (χ4n) is 1.09. The first kappa shape index (κ1) is 10.2. The van der Waals surface area contributed by atoms with Gasteiger partial charge in [0.2, 0.25) is 5.54 Å². The summed E-state index contributed by atoms with van der Waals surface area (Å²) in [6.45, 7) is 0. The molecule has 2 N–H and O–H groups in total. The summed E-state index contributed by atoms with van der Waals surface area (Å²) >= 11 is 0. The van der Waals surface area contributed by atoms with Crippen molar-refractivity contribution in [2.24, 2.45) is 0 Å². The highest BCUT2D eigenvalue weighted by atomic mass is 19.3. The molecule has 74 valence electrons. The maximum Gasteiger partial charge on any atom is 0.335 e. The molecule has 1 unspecified atom stereocenters. The third-order valence-corrected chi connectivity index (χ3v) is 1.83. The van der Waals surface area contributed by atoms with Gasteiger partial charge in [-0.25, -0.2) is 13.6 Å². The lowest BCUT2D eigenvalue weighted by molar-refractivity contribution is -0.134. The summed E-state index contributed by atoms with van der Waals surface area (Å²) in [4.78, 5) is 10.6. The first-order valence-corrected chi connectivity index (χ1v) is 3.62. The van der Waals surface area contributed by atoms with Gasteiger partial charge >= 0.3 is 5.97 Å². The van der Waals surface area contributed by atoms with E-state index in [1.165, 1.54) is 12.1 Å². The van der Waals surface area contributed by atoms with Crippen LogP contribution in [0.4, 0.5) is 8.78 Å². The SMILES string of the molecule is N#CC1(C(F)F)NC=CC=C1C(=O)O. The summed E-state index contributed by atoms with van der Waals surface area (Å²) in [5.41, 5.74) is -3.10. The molecule has 0 amide bonds. The molecule has 0 fully saturated rings. The molecule has 0 saturated heterocycles. The number of carboxylic acids is 1. The van der Waals surface area contributed by atoms with Gasteiger partial charge in [-0.05, 0) is 18.4 Å². The Kier molecular flexibility index (Phi) is 2.51. The van der Waals surface area contributed by atoms with E-state index in [1.807, 2.05) is 0 Å². The summed E-state index contributed by atoms with van der Waals surface area (Å²) in [5.74, 6) is -1.54. The lowest BCUT2D eigenvalue weighted by Gasteiger charge is -2.28. The number of allylic oxidation sites excluding steroid dienone is 2. The zero-order valence-electron chi connectivity index (χ0n) is 6.87. The van der Waals surface area contributed by atoms with Gasteiger partial charge in [0.1, 0.15) is 6.07 Å². The predicted octanol–water partition coefficient (Wildman–Crippen LogP) is 0.642. The van der Waals surface area contributed by atoms with Crippen molar-refractivity contribution < 1.29 is 18.7 Å². The molecule has 4 nitrogen and oxygen atoms in total. The molecule has 0 saturated carbocycles. The normalized spacial score (nSPS) is 25.1. The molecule has 14 heavy (non-hydrogen) atoms. The van der Waals surface area contributed by atoms with E-state index in [9.17, 15) is 13.6 Å². The minimum atomic E-state index is -3.11. The third kappa shape index (κ3) is 1.33. The van der Waals surface area contributed by atoms with Gasteiger partial charge in [-0.1, -0.05) is 0 Å². The molecule has 1 rings (SSSR count). The highest BCUT2D eigenvalue weighted by Crippen LogP contribution is 2.26. The smallest absolute Gasteiger partial charge is 0.335 e. The molecule has 1 aliphatic rings. The number of nitrogens with one attached hydrogen (secondary N) is 1. The molecular weight excluding hydrogens is 194 g/mol. The number of aliphatic carboxylic acids is 1. The Morgan fingerprint density at radius 3 is 2.71 bits per heavy atom. The number of carbonyl (C=O) groups is 1. The average Bonchev–Trinajstić information content (AvgIpc) is 2.17. The van der Waals surface area contributed by atoms with Crippen LogP contribution in [0.5, 0.6) is 0 Å². The topological polar surface area (TPSA) is 73.1 Å². The summed E-state index contributed by atoms with van der Waals surface area (Å²) in [6.07, 6.45) is 0.233. The van der Waals surface area contributed by atoms with E-state index < -0.39 is 23.5 Å². The monoisotopic (exact) mass is 200 g/mol. The maximum atomic E-state index is 12.6. The molecule has 0 aromatic rings. The van der Waals surface area contributed by atoms with Gasteiger partial charge in [0, 0.05) is 0 Å². The van der Waals surface area contributed by atoms with Crippen molar-refractivity contribution in [1.82, 2.24) is 5.32 Å². The fourth-order valence-corrected chi connectivity index (χ4v) is 1.09. The second-order valence-corrected chi connectivity index (χ2v) is 2.61. The minimum Gasteiger partial charge on any atom is -0.478 e. The van der Waals surface area contributed by atoms with Crippen LogP contribution in [0.25, 0.3) is 0 Å². The first-order chi connectivity index (χ1) is 6.54. The van der Waals surface area contributed by atoms with E-state index in [0.29, 0.717) is 0 Å². The van der Waals surface area contributed by atoms with Crippen molar-refractivity contribution in [3.05, 3.63) is 23.9 Å². The van der Waals surface area contributed by atoms with Crippen LogP contribution in [0.1, 0.15) is 0 Å². The van der Waals surface area contributed by atoms with Crippen LogP contribution in [-0.4, -0.2) is 23.0 Å². The summed E-state index contributed by atoms with van der Waals surface area (Å²) < 4.78 is 25.1. The third-order valence-electron chi connectivity index (χ3n) is 1.83. The number of alkyl halides is 2. The Hall–Kier alpha value is -1.90. The van der Waals surface area contributed by atoms with E-state index in [-0.39, 0.29) is 0 Å². The molecule has 0 spiro atoms. The number of hydrogen-bond donors (Lipinski definition) is 2. The van der Waals surface area contributed by atoms with Crippen molar-refractivity contribution in [3.63, 3.8) is 0 Å².